The van der Waals surface area contributed by atoms with Gasteiger partial charge in [0.1, 0.15) is 11.5 Å². The molecule has 0 N–H and O–H groups in total. The summed E-state index contributed by atoms with van der Waals surface area (Å²) in [6.45, 7) is 8.26. The van der Waals surface area contributed by atoms with Gasteiger partial charge in [0.2, 0.25) is 0 Å². The Kier molecular flexibility index (Phi) is 4.31. The summed E-state index contributed by atoms with van der Waals surface area (Å²) < 4.78 is 5.57. The first kappa shape index (κ1) is 17.5. The highest BCUT2D eigenvalue weighted by atomic mass is 32.1. The van der Waals surface area contributed by atoms with Crippen molar-refractivity contribution in [2.45, 2.75) is 13.8 Å². The molecule has 2 fully saturated rings. The van der Waals surface area contributed by atoms with Gasteiger partial charge < -0.3 is 19.1 Å². The van der Waals surface area contributed by atoms with Crippen LogP contribution in [0.25, 0.3) is 0 Å². The highest BCUT2D eigenvalue weighted by Gasteiger charge is 2.54. The molecule has 1 amide bonds. The summed E-state index contributed by atoms with van der Waals surface area (Å²) in [4.78, 5) is 24.2. The summed E-state index contributed by atoms with van der Waals surface area (Å²) in [6.07, 6.45) is 1.87. The molecule has 2 aliphatic heterocycles. The van der Waals surface area contributed by atoms with Crippen LogP contribution in [0.1, 0.15) is 21.9 Å². The second kappa shape index (κ2) is 6.39. The summed E-state index contributed by atoms with van der Waals surface area (Å²) in [6, 6.07) is 1.87. The van der Waals surface area contributed by atoms with Crippen LogP contribution in [-0.2, 0) is 0 Å². The topological polar surface area (TPSA) is 52.8 Å². The van der Waals surface area contributed by atoms with Gasteiger partial charge in [-0.2, -0.15) is 0 Å². The Morgan fingerprint density at radius 2 is 2.19 bits per heavy atom. The lowest BCUT2D eigenvalue weighted by Gasteiger charge is -2.32. The molecule has 2 aliphatic rings. The molecule has 140 valence electrons. The largest absolute Gasteiger partial charge is 0.466 e. The summed E-state index contributed by atoms with van der Waals surface area (Å²) in [7, 11) is 4.23. The monoisotopic (exact) mass is 374 g/mol. The minimum atomic E-state index is 0.0948. The van der Waals surface area contributed by atoms with Crippen molar-refractivity contribution in [3.05, 3.63) is 34.7 Å². The molecule has 0 aliphatic carbocycles. The molecule has 6 nitrogen and oxygen atoms in total. The number of fused-ring (bicyclic) bond motifs is 1. The molecule has 2 saturated heterocycles. The molecule has 2 atom stereocenters. The van der Waals surface area contributed by atoms with E-state index in [-0.39, 0.29) is 11.3 Å². The molecule has 0 saturated carbocycles. The number of aryl methyl sites for hydroxylation is 2. The van der Waals surface area contributed by atoms with Gasteiger partial charge in [-0.3, -0.25) is 4.79 Å². The van der Waals surface area contributed by atoms with Crippen molar-refractivity contribution in [2.75, 3.05) is 51.7 Å². The molecule has 2 aromatic heterocycles. The van der Waals surface area contributed by atoms with Gasteiger partial charge in [-0.25, -0.2) is 4.98 Å². The standard InChI is InChI=1S/C19H26N4O2S/c1-13-7-16(14(2)25-13)17(24)22-8-15-9-23(18-20-5-6-26-18)12-19(15,11-22)10-21(3)4/h5-7,15H,8-12H2,1-4H3. The van der Waals surface area contributed by atoms with Crippen molar-refractivity contribution in [3.8, 4) is 0 Å². The normalized spacial score (nSPS) is 25.3. The first-order chi connectivity index (χ1) is 12.4. The Balaban J connectivity index is 1.57. The number of hydrogen-bond donors (Lipinski definition) is 0. The number of aromatic nitrogens is 1. The van der Waals surface area contributed by atoms with Crippen LogP contribution in [0.2, 0.25) is 0 Å². The second-order valence-corrected chi connectivity index (χ2v) is 8.88. The number of likely N-dealkylation sites (tertiary alicyclic amines) is 1. The summed E-state index contributed by atoms with van der Waals surface area (Å²) in [5.41, 5.74) is 0.802. The van der Waals surface area contributed by atoms with E-state index in [0.29, 0.717) is 11.5 Å². The number of furan rings is 1. The van der Waals surface area contributed by atoms with Gasteiger partial charge in [0.15, 0.2) is 5.13 Å². The Morgan fingerprint density at radius 1 is 1.38 bits per heavy atom. The maximum Gasteiger partial charge on any atom is 0.257 e. The van der Waals surface area contributed by atoms with Crippen molar-refractivity contribution < 1.29 is 9.21 Å². The molecule has 0 bridgehead atoms. The maximum absolute atomic E-state index is 13.1. The van der Waals surface area contributed by atoms with E-state index < -0.39 is 0 Å². The lowest BCUT2D eigenvalue weighted by molar-refractivity contribution is 0.0764. The van der Waals surface area contributed by atoms with Crippen molar-refractivity contribution in [1.82, 2.24) is 14.8 Å². The van der Waals surface area contributed by atoms with Crippen LogP contribution < -0.4 is 4.90 Å². The van der Waals surface area contributed by atoms with E-state index in [0.717, 1.165) is 49.4 Å². The van der Waals surface area contributed by atoms with E-state index in [1.165, 1.54) is 0 Å². The van der Waals surface area contributed by atoms with Crippen LogP contribution >= 0.6 is 11.3 Å². The number of amides is 1. The molecular formula is C19H26N4O2S. The van der Waals surface area contributed by atoms with E-state index in [2.05, 4.69) is 28.9 Å². The average Bonchev–Trinajstić information content (AvgIpc) is 3.28. The van der Waals surface area contributed by atoms with Crippen LogP contribution in [0.15, 0.2) is 22.1 Å². The van der Waals surface area contributed by atoms with Gasteiger partial charge in [0.05, 0.1) is 5.56 Å². The Labute approximate surface area is 158 Å². The molecule has 4 heterocycles. The lowest BCUT2D eigenvalue weighted by Crippen LogP contribution is -2.43. The summed E-state index contributed by atoms with van der Waals surface area (Å²) in [5, 5.41) is 3.12. The van der Waals surface area contributed by atoms with Crippen molar-refractivity contribution in [1.29, 1.82) is 0 Å². The first-order valence-electron chi connectivity index (χ1n) is 9.03. The fourth-order valence-electron chi connectivity index (χ4n) is 4.72. The third kappa shape index (κ3) is 2.93. The van der Waals surface area contributed by atoms with Gasteiger partial charge >= 0.3 is 0 Å². The van der Waals surface area contributed by atoms with Crippen LogP contribution in [0.3, 0.4) is 0 Å². The Bertz CT molecular complexity index is 801. The van der Waals surface area contributed by atoms with E-state index in [1.807, 2.05) is 36.4 Å². The van der Waals surface area contributed by atoms with E-state index in [4.69, 9.17) is 4.42 Å². The summed E-state index contributed by atoms with van der Waals surface area (Å²) >= 11 is 1.69. The van der Waals surface area contributed by atoms with E-state index in [9.17, 15) is 4.79 Å². The third-order valence-corrected chi connectivity index (χ3v) is 6.47. The van der Waals surface area contributed by atoms with Gasteiger partial charge in [0, 0.05) is 55.6 Å². The van der Waals surface area contributed by atoms with Crippen LogP contribution in [-0.4, -0.2) is 67.5 Å². The number of hydrogen-bond acceptors (Lipinski definition) is 6. The van der Waals surface area contributed by atoms with Crippen molar-refractivity contribution in [2.24, 2.45) is 11.3 Å². The zero-order valence-electron chi connectivity index (χ0n) is 15.9. The minimum Gasteiger partial charge on any atom is -0.466 e. The molecule has 2 unspecified atom stereocenters. The first-order valence-corrected chi connectivity index (χ1v) is 9.91. The minimum absolute atomic E-state index is 0.0948. The molecular weight excluding hydrogens is 348 g/mol. The van der Waals surface area contributed by atoms with Crippen molar-refractivity contribution in [3.63, 3.8) is 0 Å². The summed E-state index contributed by atoms with van der Waals surface area (Å²) in [5.74, 6) is 2.08. The lowest BCUT2D eigenvalue weighted by atomic mass is 9.80. The van der Waals surface area contributed by atoms with Crippen molar-refractivity contribution >= 4 is 22.4 Å². The van der Waals surface area contributed by atoms with Crippen LogP contribution in [0.5, 0.6) is 0 Å². The van der Waals surface area contributed by atoms with Gasteiger partial charge in [0.25, 0.3) is 5.91 Å². The fraction of sp³-hybridized carbons (Fsp3) is 0.579. The van der Waals surface area contributed by atoms with E-state index in [1.54, 1.807) is 11.3 Å². The highest BCUT2D eigenvalue weighted by Crippen LogP contribution is 2.45. The van der Waals surface area contributed by atoms with Gasteiger partial charge in [-0.1, -0.05) is 0 Å². The van der Waals surface area contributed by atoms with E-state index >= 15 is 0 Å². The highest BCUT2D eigenvalue weighted by molar-refractivity contribution is 7.13. The molecule has 2 aromatic rings. The number of carbonyl (C=O) groups is 1. The fourth-order valence-corrected chi connectivity index (χ4v) is 5.37. The maximum atomic E-state index is 13.1. The number of anilines is 1. The average molecular weight is 375 g/mol. The Hall–Kier alpha value is -1.86. The number of nitrogens with zero attached hydrogens (tertiary/aromatic N) is 4. The molecule has 0 spiro atoms. The number of carbonyl (C=O) groups excluding carboxylic acids is 1. The van der Waals surface area contributed by atoms with Crippen LogP contribution in [0.4, 0.5) is 5.13 Å². The zero-order chi connectivity index (χ0) is 18.5. The smallest absolute Gasteiger partial charge is 0.257 e. The zero-order valence-corrected chi connectivity index (χ0v) is 16.7. The number of rotatable bonds is 4. The number of thiazole rings is 1. The predicted octanol–water partition coefficient (Wildman–Crippen LogP) is 2.49. The quantitative estimate of drug-likeness (QED) is 0.823. The molecule has 0 aromatic carbocycles. The SMILES string of the molecule is Cc1cc(C(=O)N2CC3CN(c4nccs4)CC3(CN(C)C)C2)c(C)o1. The Morgan fingerprint density at radius 3 is 2.81 bits per heavy atom. The predicted molar refractivity (Wildman–Crippen MR) is 103 cm³/mol. The second-order valence-electron chi connectivity index (χ2n) is 8.00. The molecule has 7 heteroatoms. The van der Waals surface area contributed by atoms with Crippen LogP contribution in [0, 0.1) is 25.2 Å². The molecule has 26 heavy (non-hydrogen) atoms. The molecule has 0 radical (unpaired) electrons. The third-order valence-electron chi connectivity index (χ3n) is 5.64. The van der Waals surface area contributed by atoms with Gasteiger partial charge in [-0.05, 0) is 34.0 Å². The van der Waals surface area contributed by atoms with Gasteiger partial charge in [-0.15, -0.1) is 11.3 Å². The molecule has 4 rings (SSSR count).